The maximum atomic E-state index is 9.40. The van der Waals surface area contributed by atoms with Crippen LogP contribution in [0.2, 0.25) is 0 Å². The monoisotopic (exact) mass is 300 g/mol. The van der Waals surface area contributed by atoms with Crippen molar-refractivity contribution in [1.82, 2.24) is 14.8 Å². The molecule has 0 aliphatic heterocycles. The third kappa shape index (κ3) is 4.08. The van der Waals surface area contributed by atoms with Gasteiger partial charge in [-0.3, -0.25) is 0 Å². The van der Waals surface area contributed by atoms with Gasteiger partial charge in [-0.2, -0.15) is 5.26 Å². The minimum absolute atomic E-state index is 0.146. The fraction of sp³-hybridized carbons (Fsp3) is 0.438. The van der Waals surface area contributed by atoms with Gasteiger partial charge in [-0.25, -0.2) is 0 Å². The topological polar surface area (TPSA) is 54.5 Å². The van der Waals surface area contributed by atoms with Gasteiger partial charge in [-0.05, 0) is 32.3 Å². The molecule has 0 saturated heterocycles. The summed E-state index contributed by atoms with van der Waals surface area (Å²) in [7, 11) is 0. The molecule has 1 aromatic heterocycles. The molecule has 2 aromatic rings. The highest BCUT2D eigenvalue weighted by Crippen LogP contribution is 2.25. The molecule has 2 rings (SSSR count). The van der Waals surface area contributed by atoms with Crippen LogP contribution in [0.5, 0.6) is 0 Å². The number of benzene rings is 1. The second kappa shape index (κ2) is 7.28. The fourth-order valence-electron chi connectivity index (χ4n) is 2.11. The smallest absolute Gasteiger partial charge is 0.192 e. The predicted molar refractivity (Wildman–Crippen MR) is 85.2 cm³/mol. The van der Waals surface area contributed by atoms with Gasteiger partial charge in [0.05, 0.1) is 6.07 Å². The highest BCUT2D eigenvalue weighted by molar-refractivity contribution is 8.00. The van der Waals surface area contributed by atoms with Gasteiger partial charge in [0, 0.05) is 6.54 Å². The molecule has 1 aromatic carbocycles. The van der Waals surface area contributed by atoms with E-state index in [0.29, 0.717) is 0 Å². The summed E-state index contributed by atoms with van der Waals surface area (Å²) in [5.74, 6) is 0.909. The molecule has 0 radical (unpaired) electrons. The van der Waals surface area contributed by atoms with E-state index in [9.17, 15) is 5.26 Å². The van der Waals surface area contributed by atoms with Crippen LogP contribution >= 0.6 is 11.8 Å². The van der Waals surface area contributed by atoms with Gasteiger partial charge in [-0.15, -0.1) is 10.2 Å². The highest BCUT2D eigenvalue weighted by atomic mass is 32.2. The molecule has 0 spiro atoms. The van der Waals surface area contributed by atoms with Gasteiger partial charge in [0.25, 0.3) is 0 Å². The quantitative estimate of drug-likeness (QED) is 0.766. The molecule has 5 heteroatoms. The zero-order chi connectivity index (χ0) is 15.2. The van der Waals surface area contributed by atoms with Crippen molar-refractivity contribution in [2.75, 3.05) is 0 Å². The number of aryl methyl sites for hydroxylation is 2. The number of hydrogen-bond acceptors (Lipinski definition) is 4. The summed E-state index contributed by atoms with van der Waals surface area (Å²) >= 11 is 1.50. The minimum Gasteiger partial charge on any atom is -0.306 e. The van der Waals surface area contributed by atoms with E-state index in [1.807, 2.05) is 6.92 Å². The van der Waals surface area contributed by atoms with E-state index in [1.165, 1.54) is 22.9 Å². The Morgan fingerprint density at radius 1 is 1.24 bits per heavy atom. The number of aromatic nitrogens is 3. The lowest BCUT2D eigenvalue weighted by Gasteiger charge is -2.10. The van der Waals surface area contributed by atoms with Crippen LogP contribution in [0.3, 0.4) is 0 Å². The molecule has 4 nitrogen and oxygen atoms in total. The van der Waals surface area contributed by atoms with Crippen molar-refractivity contribution in [3.63, 3.8) is 0 Å². The first-order chi connectivity index (χ1) is 10.1. The molecular formula is C16H20N4S. The second-order valence-corrected chi connectivity index (χ2v) is 6.28. The van der Waals surface area contributed by atoms with Crippen LogP contribution in [0, 0.1) is 25.2 Å². The Morgan fingerprint density at radius 3 is 2.57 bits per heavy atom. The number of thioether (sulfide) groups is 1. The lowest BCUT2D eigenvalue weighted by Crippen LogP contribution is -2.08. The van der Waals surface area contributed by atoms with Crippen LogP contribution in [0.1, 0.15) is 30.3 Å². The van der Waals surface area contributed by atoms with Crippen molar-refractivity contribution < 1.29 is 0 Å². The van der Waals surface area contributed by atoms with Crippen LogP contribution in [-0.2, 0) is 13.0 Å². The van der Waals surface area contributed by atoms with E-state index in [-0.39, 0.29) is 5.25 Å². The number of nitriles is 1. The Hall–Kier alpha value is -1.80. The molecule has 0 aliphatic carbocycles. The highest BCUT2D eigenvalue weighted by Gasteiger charge is 2.16. The van der Waals surface area contributed by atoms with Crippen LogP contribution in [0.15, 0.2) is 29.4 Å². The van der Waals surface area contributed by atoms with Crippen molar-refractivity contribution in [3.05, 3.63) is 41.2 Å². The Bertz CT molecular complexity index is 625. The van der Waals surface area contributed by atoms with E-state index in [4.69, 9.17) is 0 Å². The zero-order valence-corrected chi connectivity index (χ0v) is 13.5. The van der Waals surface area contributed by atoms with E-state index in [0.717, 1.165) is 30.4 Å². The van der Waals surface area contributed by atoms with Gasteiger partial charge in [-0.1, -0.05) is 48.5 Å². The second-order valence-electron chi connectivity index (χ2n) is 5.11. The predicted octanol–water partition coefficient (Wildman–Crippen LogP) is 3.53. The minimum atomic E-state index is -0.146. The Labute approximate surface area is 130 Å². The van der Waals surface area contributed by atoms with Crippen LogP contribution < -0.4 is 0 Å². The largest absolute Gasteiger partial charge is 0.306 e. The van der Waals surface area contributed by atoms with E-state index < -0.39 is 0 Å². The maximum Gasteiger partial charge on any atom is 0.192 e. The molecule has 0 bridgehead atoms. The van der Waals surface area contributed by atoms with Crippen molar-refractivity contribution in [2.24, 2.45) is 0 Å². The lowest BCUT2D eigenvalue weighted by atomic mass is 10.1. The molecule has 0 saturated carbocycles. The van der Waals surface area contributed by atoms with Crippen LogP contribution in [0.25, 0.3) is 0 Å². The first kappa shape index (κ1) is 15.6. The van der Waals surface area contributed by atoms with E-state index in [1.54, 1.807) is 0 Å². The first-order valence-electron chi connectivity index (χ1n) is 7.15. The van der Waals surface area contributed by atoms with Crippen molar-refractivity contribution in [1.29, 1.82) is 5.26 Å². The Kier molecular flexibility index (Phi) is 5.40. The lowest BCUT2D eigenvalue weighted by molar-refractivity contribution is 0.605. The summed E-state index contributed by atoms with van der Waals surface area (Å²) in [5, 5.41) is 18.4. The van der Waals surface area contributed by atoms with Crippen molar-refractivity contribution >= 4 is 11.8 Å². The molecule has 0 fully saturated rings. The summed E-state index contributed by atoms with van der Waals surface area (Å²) in [4.78, 5) is 0. The van der Waals surface area contributed by atoms with Gasteiger partial charge >= 0.3 is 0 Å². The molecular weight excluding hydrogens is 280 g/mol. The average Bonchev–Trinajstić information content (AvgIpc) is 2.82. The number of rotatable bonds is 6. The third-order valence-electron chi connectivity index (χ3n) is 3.28. The van der Waals surface area contributed by atoms with Gasteiger partial charge in [0.2, 0.25) is 0 Å². The average molecular weight is 300 g/mol. The first-order valence-corrected chi connectivity index (χ1v) is 8.03. The van der Waals surface area contributed by atoms with Gasteiger partial charge in [0.1, 0.15) is 11.1 Å². The normalized spacial score (nSPS) is 12.1. The van der Waals surface area contributed by atoms with Gasteiger partial charge in [0.15, 0.2) is 5.16 Å². The molecule has 0 aliphatic rings. The molecule has 1 heterocycles. The van der Waals surface area contributed by atoms with Gasteiger partial charge < -0.3 is 4.57 Å². The van der Waals surface area contributed by atoms with Crippen molar-refractivity contribution in [3.8, 4) is 6.07 Å². The standard InChI is InChI=1S/C16H20N4S/c1-4-9-20-13(3)18-19-16(20)21-15(11-17)10-14-7-5-12(2)6-8-14/h5-8,15H,4,9-10H2,1-3H3/t15-/m1/s1. The van der Waals surface area contributed by atoms with E-state index >= 15 is 0 Å². The van der Waals surface area contributed by atoms with Crippen molar-refractivity contribution in [2.45, 2.75) is 50.6 Å². The van der Waals surface area contributed by atoms with E-state index in [2.05, 4.69) is 58.9 Å². The summed E-state index contributed by atoms with van der Waals surface area (Å²) in [6, 6.07) is 10.7. The fourth-order valence-corrected chi connectivity index (χ4v) is 3.13. The SMILES string of the molecule is CCCn1c(C)nnc1S[C@@H](C#N)Cc1ccc(C)cc1. The molecule has 0 amide bonds. The zero-order valence-electron chi connectivity index (χ0n) is 12.7. The molecule has 110 valence electrons. The number of nitrogens with zero attached hydrogens (tertiary/aromatic N) is 4. The third-order valence-corrected chi connectivity index (χ3v) is 4.35. The summed E-state index contributed by atoms with van der Waals surface area (Å²) < 4.78 is 2.09. The Balaban J connectivity index is 2.09. The molecule has 0 unspecified atom stereocenters. The molecule has 21 heavy (non-hydrogen) atoms. The maximum absolute atomic E-state index is 9.40. The molecule has 1 atom stereocenters. The Morgan fingerprint density at radius 2 is 1.95 bits per heavy atom. The van der Waals surface area contributed by atoms with Crippen LogP contribution in [-0.4, -0.2) is 20.0 Å². The summed E-state index contributed by atoms with van der Waals surface area (Å²) in [6.07, 6.45) is 1.75. The summed E-state index contributed by atoms with van der Waals surface area (Å²) in [6.45, 7) is 7.04. The molecule has 0 N–H and O–H groups in total. The van der Waals surface area contributed by atoms with Crippen LogP contribution in [0.4, 0.5) is 0 Å². The summed E-state index contributed by atoms with van der Waals surface area (Å²) in [5.41, 5.74) is 2.41. The number of hydrogen-bond donors (Lipinski definition) is 0.